The number of nitrogens with one attached hydrogen (secondary N) is 1. The molecule has 0 fully saturated rings. The third kappa shape index (κ3) is 5.03. The highest BCUT2D eigenvalue weighted by molar-refractivity contribution is 9.10. The Bertz CT molecular complexity index is 1320. The molecule has 0 unspecified atom stereocenters. The molecule has 10 heteroatoms. The third-order valence-corrected chi connectivity index (χ3v) is 9.02. The first-order chi connectivity index (χ1) is 16.3. The first kappa shape index (κ1) is 24.4. The zero-order chi connectivity index (χ0) is 24.3. The summed E-state index contributed by atoms with van der Waals surface area (Å²) < 4.78 is 33.6. The maximum Gasteiger partial charge on any atom is 0.341 e. The molecule has 0 atom stereocenters. The fraction of sp³-hybridized carbons (Fsp3) is 0.250. The monoisotopic (exact) mass is 562 g/mol. The number of hydrogen-bond donors (Lipinski definition) is 1. The summed E-state index contributed by atoms with van der Waals surface area (Å²) in [4.78, 5) is 26.8. The topological polar surface area (TPSA) is 92.8 Å². The van der Waals surface area contributed by atoms with Crippen molar-refractivity contribution in [1.82, 2.24) is 0 Å². The van der Waals surface area contributed by atoms with Crippen molar-refractivity contribution < 1.29 is 22.7 Å². The largest absolute Gasteiger partial charge is 0.465 e. The van der Waals surface area contributed by atoms with Gasteiger partial charge in [-0.3, -0.25) is 9.10 Å². The summed E-state index contributed by atoms with van der Waals surface area (Å²) in [5, 5.41) is 3.18. The molecule has 0 aliphatic heterocycles. The molecule has 1 aromatic heterocycles. The molecule has 1 amide bonds. The molecule has 1 aliphatic rings. The normalized spacial score (nSPS) is 13.1. The highest BCUT2D eigenvalue weighted by Gasteiger charge is 2.30. The molecule has 3 aromatic rings. The number of aryl methyl sites for hydroxylation is 1. The Labute approximate surface area is 210 Å². The number of sulfonamides is 1. The second kappa shape index (κ2) is 10.3. The fourth-order valence-corrected chi connectivity index (χ4v) is 7.05. The summed E-state index contributed by atoms with van der Waals surface area (Å²) >= 11 is 4.72. The van der Waals surface area contributed by atoms with Crippen LogP contribution in [-0.4, -0.2) is 33.9 Å². The SMILES string of the molecule is COC(=O)c1c(NC(=O)CN(c2cccc(Br)c2)S(=O)(=O)c2ccccc2)sc2c1CCCC2. The molecular formula is C24H23BrN2O5S2. The Balaban J connectivity index is 1.67. The summed E-state index contributed by atoms with van der Waals surface area (Å²) in [5.74, 6) is -1.06. The number of rotatable bonds is 7. The maximum absolute atomic E-state index is 13.5. The molecule has 1 aliphatic carbocycles. The smallest absolute Gasteiger partial charge is 0.341 e. The van der Waals surface area contributed by atoms with E-state index in [-0.39, 0.29) is 4.90 Å². The molecule has 4 rings (SSSR count). The van der Waals surface area contributed by atoms with E-state index < -0.39 is 28.4 Å². The van der Waals surface area contributed by atoms with Crippen molar-refractivity contribution in [2.75, 3.05) is 23.3 Å². The van der Waals surface area contributed by atoms with Crippen LogP contribution in [0.1, 0.15) is 33.6 Å². The zero-order valence-corrected chi connectivity index (χ0v) is 21.6. The average molecular weight is 563 g/mol. The van der Waals surface area contributed by atoms with Crippen molar-refractivity contribution in [3.05, 3.63) is 75.1 Å². The predicted molar refractivity (Wildman–Crippen MR) is 136 cm³/mol. The van der Waals surface area contributed by atoms with Gasteiger partial charge in [-0.05, 0) is 61.6 Å². The van der Waals surface area contributed by atoms with Crippen molar-refractivity contribution in [2.45, 2.75) is 30.6 Å². The first-order valence-corrected chi connectivity index (χ1v) is 13.7. The van der Waals surface area contributed by atoms with Gasteiger partial charge in [0.1, 0.15) is 11.5 Å². The third-order valence-electron chi connectivity index (χ3n) is 5.53. The molecule has 0 radical (unpaired) electrons. The van der Waals surface area contributed by atoms with E-state index in [1.54, 1.807) is 42.5 Å². The lowest BCUT2D eigenvalue weighted by atomic mass is 9.95. The number of thiophene rings is 1. The lowest BCUT2D eigenvalue weighted by Crippen LogP contribution is -2.38. The van der Waals surface area contributed by atoms with E-state index in [9.17, 15) is 18.0 Å². The average Bonchev–Trinajstić information content (AvgIpc) is 3.20. The molecule has 178 valence electrons. The molecule has 1 heterocycles. The van der Waals surface area contributed by atoms with Crippen LogP contribution in [0.4, 0.5) is 10.7 Å². The van der Waals surface area contributed by atoms with Crippen LogP contribution >= 0.6 is 27.3 Å². The van der Waals surface area contributed by atoms with Gasteiger partial charge in [-0.15, -0.1) is 11.3 Å². The number of methoxy groups -OCH3 is 1. The van der Waals surface area contributed by atoms with E-state index in [1.807, 2.05) is 0 Å². The van der Waals surface area contributed by atoms with E-state index in [1.165, 1.54) is 30.6 Å². The summed E-state index contributed by atoms with van der Waals surface area (Å²) in [7, 11) is -2.72. The summed E-state index contributed by atoms with van der Waals surface area (Å²) in [5.41, 5.74) is 1.63. The number of amides is 1. The van der Waals surface area contributed by atoms with E-state index in [0.717, 1.165) is 40.4 Å². The molecule has 0 saturated carbocycles. The number of carbonyl (C=O) groups excluding carboxylic acids is 2. The highest BCUT2D eigenvalue weighted by atomic mass is 79.9. The van der Waals surface area contributed by atoms with Gasteiger partial charge in [0.05, 0.1) is 23.3 Å². The minimum Gasteiger partial charge on any atom is -0.465 e. The second-order valence-corrected chi connectivity index (χ2v) is 11.6. The molecule has 0 spiro atoms. The van der Waals surface area contributed by atoms with Crippen LogP contribution in [0.15, 0.2) is 64.0 Å². The van der Waals surface area contributed by atoms with Crippen LogP contribution in [0.2, 0.25) is 0 Å². The number of halogens is 1. The predicted octanol–water partition coefficient (Wildman–Crippen LogP) is 5.01. The van der Waals surface area contributed by atoms with Crippen LogP contribution in [0.5, 0.6) is 0 Å². The molecule has 0 bridgehead atoms. The van der Waals surface area contributed by atoms with E-state index in [0.29, 0.717) is 20.7 Å². The van der Waals surface area contributed by atoms with Crippen molar-refractivity contribution >= 4 is 59.9 Å². The quantitative estimate of drug-likeness (QED) is 0.408. The Morgan fingerprint density at radius 3 is 2.53 bits per heavy atom. The Morgan fingerprint density at radius 1 is 1.09 bits per heavy atom. The first-order valence-electron chi connectivity index (χ1n) is 10.7. The fourth-order valence-electron chi connectivity index (χ4n) is 3.93. The summed E-state index contributed by atoms with van der Waals surface area (Å²) in [6, 6.07) is 14.7. The van der Waals surface area contributed by atoms with Crippen molar-refractivity contribution in [3.8, 4) is 0 Å². The van der Waals surface area contributed by atoms with Crippen LogP contribution in [0.25, 0.3) is 0 Å². The van der Waals surface area contributed by atoms with E-state index >= 15 is 0 Å². The Morgan fingerprint density at radius 2 is 1.82 bits per heavy atom. The number of ether oxygens (including phenoxy) is 1. The number of benzene rings is 2. The van der Waals surface area contributed by atoms with Crippen LogP contribution in [0, 0.1) is 0 Å². The number of hydrogen-bond acceptors (Lipinski definition) is 6. The molecule has 34 heavy (non-hydrogen) atoms. The Kier molecular flexibility index (Phi) is 7.39. The second-order valence-electron chi connectivity index (χ2n) is 7.76. The molecular weight excluding hydrogens is 540 g/mol. The van der Waals surface area contributed by atoms with Crippen LogP contribution in [-0.2, 0) is 32.4 Å². The zero-order valence-electron chi connectivity index (χ0n) is 18.4. The highest BCUT2D eigenvalue weighted by Crippen LogP contribution is 2.38. The van der Waals surface area contributed by atoms with Gasteiger partial charge in [-0.2, -0.15) is 0 Å². The number of anilines is 2. The van der Waals surface area contributed by atoms with Gasteiger partial charge in [0.15, 0.2) is 0 Å². The van der Waals surface area contributed by atoms with Gasteiger partial charge in [-0.1, -0.05) is 40.2 Å². The van der Waals surface area contributed by atoms with Gasteiger partial charge >= 0.3 is 5.97 Å². The van der Waals surface area contributed by atoms with Crippen LogP contribution in [0.3, 0.4) is 0 Å². The van der Waals surface area contributed by atoms with E-state index in [4.69, 9.17) is 4.74 Å². The van der Waals surface area contributed by atoms with Gasteiger partial charge in [0.2, 0.25) is 5.91 Å². The number of nitrogens with zero attached hydrogens (tertiary/aromatic N) is 1. The van der Waals surface area contributed by atoms with Gasteiger partial charge in [-0.25, -0.2) is 13.2 Å². The van der Waals surface area contributed by atoms with Crippen molar-refractivity contribution in [1.29, 1.82) is 0 Å². The minimum absolute atomic E-state index is 0.0737. The molecule has 1 N–H and O–H groups in total. The van der Waals surface area contributed by atoms with Crippen LogP contribution < -0.4 is 9.62 Å². The summed E-state index contributed by atoms with van der Waals surface area (Å²) in [6.45, 7) is -0.461. The lowest BCUT2D eigenvalue weighted by Gasteiger charge is -2.24. The van der Waals surface area contributed by atoms with Crippen molar-refractivity contribution in [2.24, 2.45) is 0 Å². The van der Waals surface area contributed by atoms with E-state index in [2.05, 4.69) is 21.2 Å². The van der Waals surface area contributed by atoms with Gasteiger partial charge in [0.25, 0.3) is 10.0 Å². The van der Waals surface area contributed by atoms with Gasteiger partial charge < -0.3 is 10.1 Å². The number of carbonyl (C=O) groups is 2. The minimum atomic E-state index is -4.03. The van der Waals surface area contributed by atoms with Gasteiger partial charge in [0, 0.05) is 9.35 Å². The van der Waals surface area contributed by atoms with Crippen molar-refractivity contribution in [3.63, 3.8) is 0 Å². The summed E-state index contributed by atoms with van der Waals surface area (Å²) in [6.07, 6.45) is 3.58. The maximum atomic E-state index is 13.5. The molecule has 7 nitrogen and oxygen atoms in total. The molecule has 2 aromatic carbocycles. The lowest BCUT2D eigenvalue weighted by molar-refractivity contribution is -0.114. The number of esters is 1. The number of fused-ring (bicyclic) bond motifs is 1. The Hall–Kier alpha value is -2.69. The standard InChI is InChI=1S/C24H23BrN2O5S2/c1-32-24(29)22-19-12-5-6-13-20(19)33-23(22)26-21(28)15-27(17-9-7-8-16(25)14-17)34(30,31)18-10-3-2-4-11-18/h2-4,7-11,14H,5-6,12-13,15H2,1H3,(H,26,28). The molecule has 0 saturated heterocycles.